The van der Waals surface area contributed by atoms with Crippen LogP contribution in [0.1, 0.15) is 57.6 Å². The van der Waals surface area contributed by atoms with Gasteiger partial charge in [0.1, 0.15) is 29.9 Å². The van der Waals surface area contributed by atoms with Crippen LogP contribution in [0, 0.1) is 11.8 Å². The first-order chi connectivity index (χ1) is 22.6. The summed E-state index contributed by atoms with van der Waals surface area (Å²) >= 11 is 0. The van der Waals surface area contributed by atoms with E-state index in [0.29, 0.717) is 44.1 Å². The van der Waals surface area contributed by atoms with Crippen molar-refractivity contribution in [2.24, 2.45) is 11.8 Å². The quantitative estimate of drug-likeness (QED) is 0.467. The minimum Gasteiger partial charge on any atom is -0.484 e. The van der Waals surface area contributed by atoms with Crippen LogP contribution in [0.25, 0.3) is 0 Å². The molecule has 0 unspecified atom stereocenters. The highest BCUT2D eigenvalue weighted by Crippen LogP contribution is 2.24. The monoisotopic (exact) mass is 645 g/mol. The first-order valence-corrected chi connectivity index (χ1v) is 16.8. The van der Waals surface area contributed by atoms with Gasteiger partial charge in [-0.05, 0) is 74.1 Å². The van der Waals surface area contributed by atoms with Gasteiger partial charge in [-0.15, -0.1) is 0 Å². The summed E-state index contributed by atoms with van der Waals surface area (Å²) in [6.07, 6.45) is 4.04. The molecule has 2 fully saturated rings. The fourth-order valence-electron chi connectivity index (χ4n) is 6.71. The van der Waals surface area contributed by atoms with E-state index in [1.807, 2.05) is 36.9 Å². The molecular weight excluding hydrogens is 598 g/mol. The Hall–Kier alpha value is -4.41. The number of piperidine rings is 1. The Morgan fingerprint density at radius 1 is 0.872 bits per heavy atom. The van der Waals surface area contributed by atoms with E-state index in [0.717, 1.165) is 24.8 Å². The summed E-state index contributed by atoms with van der Waals surface area (Å²) in [5.74, 6) is -1.14. The number of amides is 5. The Kier molecular flexibility index (Phi) is 11.2. The van der Waals surface area contributed by atoms with Crippen molar-refractivity contribution in [2.75, 3.05) is 26.2 Å². The van der Waals surface area contributed by atoms with Crippen molar-refractivity contribution < 1.29 is 28.7 Å². The van der Waals surface area contributed by atoms with E-state index in [-0.39, 0.29) is 30.8 Å². The zero-order chi connectivity index (χ0) is 33.5. The molecule has 0 aromatic heterocycles. The van der Waals surface area contributed by atoms with Gasteiger partial charge in [-0.2, -0.15) is 0 Å². The van der Waals surface area contributed by atoms with Gasteiger partial charge in [-0.3, -0.25) is 24.0 Å². The maximum atomic E-state index is 13.9. The SMILES string of the molecule is CC(C)[C@@H]1NC(=O)COc2ccc(cc2)C[C@@H](C(=O)N2CCC(Cc3ccccc3)CC2)NC(=O)[C@H](C)NC(=O)[C@H]2CCCN2C1=O. The first kappa shape index (κ1) is 33.9. The molecule has 2 aromatic carbocycles. The Morgan fingerprint density at radius 2 is 1.57 bits per heavy atom. The summed E-state index contributed by atoms with van der Waals surface area (Å²) in [6.45, 7) is 6.54. The van der Waals surface area contributed by atoms with Crippen LogP contribution in [-0.2, 0) is 36.8 Å². The Bertz CT molecular complexity index is 1420. The normalized spacial score (nSPS) is 25.2. The molecule has 2 saturated heterocycles. The van der Waals surface area contributed by atoms with Gasteiger partial charge in [0.25, 0.3) is 5.91 Å². The second-order valence-electron chi connectivity index (χ2n) is 13.4. The molecule has 2 aromatic rings. The molecule has 4 aliphatic heterocycles. The lowest BCUT2D eigenvalue weighted by Crippen LogP contribution is -2.58. The number of ether oxygens (including phenoxy) is 1. The lowest BCUT2D eigenvalue weighted by Gasteiger charge is -2.35. The molecule has 3 N–H and O–H groups in total. The maximum Gasteiger partial charge on any atom is 0.258 e. The Labute approximate surface area is 276 Å². The number of carbonyl (C=O) groups is 5. The summed E-state index contributed by atoms with van der Waals surface area (Å²) in [6, 6.07) is 14.0. The molecule has 11 heteroatoms. The summed E-state index contributed by atoms with van der Waals surface area (Å²) in [7, 11) is 0. The van der Waals surface area contributed by atoms with E-state index in [1.165, 1.54) is 10.5 Å². The number of fused-ring (bicyclic) bond motifs is 13. The van der Waals surface area contributed by atoms with E-state index in [4.69, 9.17) is 4.74 Å². The number of carbonyl (C=O) groups excluding carboxylic acids is 5. The molecule has 5 amide bonds. The molecule has 0 saturated carbocycles. The van der Waals surface area contributed by atoms with E-state index >= 15 is 0 Å². The number of hydrogen-bond acceptors (Lipinski definition) is 6. The topological polar surface area (TPSA) is 137 Å². The smallest absolute Gasteiger partial charge is 0.258 e. The molecule has 252 valence electrons. The third kappa shape index (κ3) is 8.69. The number of rotatable bonds is 4. The zero-order valence-electron chi connectivity index (χ0n) is 27.6. The van der Waals surface area contributed by atoms with Gasteiger partial charge in [-0.1, -0.05) is 56.3 Å². The average molecular weight is 646 g/mol. The molecule has 6 rings (SSSR count). The number of nitrogens with zero attached hydrogens (tertiary/aromatic N) is 2. The largest absolute Gasteiger partial charge is 0.484 e. The molecule has 4 atom stereocenters. The van der Waals surface area contributed by atoms with Gasteiger partial charge in [0, 0.05) is 26.1 Å². The summed E-state index contributed by atoms with van der Waals surface area (Å²) in [5, 5.41) is 8.48. The molecule has 0 spiro atoms. The first-order valence-electron chi connectivity index (χ1n) is 16.8. The summed E-state index contributed by atoms with van der Waals surface area (Å²) in [5.41, 5.74) is 2.10. The third-order valence-corrected chi connectivity index (χ3v) is 9.48. The lowest BCUT2D eigenvalue weighted by atomic mass is 9.90. The second-order valence-corrected chi connectivity index (χ2v) is 13.4. The van der Waals surface area contributed by atoms with E-state index < -0.39 is 41.9 Å². The fourth-order valence-corrected chi connectivity index (χ4v) is 6.71. The van der Waals surface area contributed by atoms with Gasteiger partial charge in [0.2, 0.25) is 23.6 Å². The molecule has 11 nitrogen and oxygen atoms in total. The predicted octanol–water partition coefficient (Wildman–Crippen LogP) is 2.22. The van der Waals surface area contributed by atoms with Crippen LogP contribution in [0.3, 0.4) is 0 Å². The second kappa shape index (κ2) is 15.5. The summed E-state index contributed by atoms with van der Waals surface area (Å²) < 4.78 is 5.71. The van der Waals surface area contributed by atoms with E-state index in [2.05, 4.69) is 28.1 Å². The Balaban J connectivity index is 1.33. The van der Waals surface area contributed by atoms with Gasteiger partial charge < -0.3 is 30.5 Å². The molecule has 0 radical (unpaired) electrons. The van der Waals surface area contributed by atoms with Crippen LogP contribution >= 0.6 is 0 Å². The molecular formula is C36H47N5O6. The zero-order valence-corrected chi connectivity index (χ0v) is 27.6. The van der Waals surface area contributed by atoms with Crippen molar-refractivity contribution in [3.63, 3.8) is 0 Å². The number of likely N-dealkylation sites (tertiary alicyclic amines) is 1. The van der Waals surface area contributed by atoms with Crippen molar-refractivity contribution in [3.8, 4) is 5.75 Å². The van der Waals surface area contributed by atoms with Crippen LogP contribution in [0.15, 0.2) is 54.6 Å². The average Bonchev–Trinajstić information content (AvgIpc) is 3.57. The summed E-state index contributed by atoms with van der Waals surface area (Å²) in [4.78, 5) is 70.6. The number of nitrogens with one attached hydrogen (secondary N) is 3. The van der Waals surface area contributed by atoms with Gasteiger partial charge in [0.15, 0.2) is 6.61 Å². The van der Waals surface area contributed by atoms with Crippen molar-refractivity contribution >= 4 is 29.5 Å². The predicted molar refractivity (Wildman–Crippen MR) is 176 cm³/mol. The minimum absolute atomic E-state index is 0.162. The molecule has 2 bridgehead atoms. The van der Waals surface area contributed by atoms with Gasteiger partial charge in [-0.25, -0.2) is 0 Å². The highest BCUT2D eigenvalue weighted by Gasteiger charge is 2.40. The maximum absolute atomic E-state index is 13.9. The van der Waals surface area contributed by atoms with Gasteiger partial charge >= 0.3 is 0 Å². The van der Waals surface area contributed by atoms with E-state index in [9.17, 15) is 24.0 Å². The van der Waals surface area contributed by atoms with Crippen molar-refractivity contribution in [3.05, 3.63) is 65.7 Å². The lowest BCUT2D eigenvalue weighted by molar-refractivity contribution is -0.143. The Morgan fingerprint density at radius 3 is 2.26 bits per heavy atom. The van der Waals surface area contributed by atoms with Crippen LogP contribution in [0.5, 0.6) is 5.75 Å². The molecule has 47 heavy (non-hydrogen) atoms. The van der Waals surface area contributed by atoms with Crippen LogP contribution in [-0.4, -0.2) is 89.7 Å². The van der Waals surface area contributed by atoms with Crippen LogP contribution in [0.2, 0.25) is 0 Å². The van der Waals surface area contributed by atoms with Crippen molar-refractivity contribution in [1.29, 1.82) is 0 Å². The highest BCUT2D eigenvalue weighted by molar-refractivity contribution is 5.96. The third-order valence-electron chi connectivity index (χ3n) is 9.48. The van der Waals surface area contributed by atoms with E-state index in [1.54, 1.807) is 31.2 Å². The fraction of sp³-hybridized carbons (Fsp3) is 0.528. The molecule has 4 aliphatic rings. The standard InChI is InChI=1S/C36H47N5O6/c1-23(2)32-36(46)41-17-7-10-30(41)34(44)37-24(3)33(43)38-29(21-26-11-13-28(14-12-26)47-22-31(42)39-32)35(45)40-18-15-27(16-19-40)20-25-8-5-4-6-9-25/h4-6,8-9,11-14,23-24,27,29-30,32H,7,10,15-22H2,1-3H3,(H,37,44)(H,38,43)(H,39,42)/t24-,29-,30+,32-/m0/s1. The number of hydrogen-bond donors (Lipinski definition) is 3. The molecule has 4 heterocycles. The van der Waals surface area contributed by atoms with Crippen molar-refractivity contribution in [2.45, 2.75) is 83.5 Å². The van der Waals surface area contributed by atoms with Crippen LogP contribution in [0.4, 0.5) is 0 Å². The molecule has 0 aliphatic carbocycles. The van der Waals surface area contributed by atoms with Gasteiger partial charge in [0.05, 0.1) is 0 Å². The van der Waals surface area contributed by atoms with Crippen LogP contribution < -0.4 is 20.7 Å². The van der Waals surface area contributed by atoms with Crippen molar-refractivity contribution in [1.82, 2.24) is 25.8 Å². The minimum atomic E-state index is -0.939. The number of benzene rings is 2. The highest BCUT2D eigenvalue weighted by atomic mass is 16.5.